The fourth-order valence-electron chi connectivity index (χ4n) is 3.30. The van der Waals surface area contributed by atoms with Crippen molar-refractivity contribution in [2.75, 3.05) is 0 Å². The van der Waals surface area contributed by atoms with Gasteiger partial charge >= 0.3 is 6.03 Å². The van der Waals surface area contributed by atoms with Crippen LogP contribution in [0, 0.1) is 13.8 Å². The van der Waals surface area contributed by atoms with Crippen LogP contribution in [0.15, 0.2) is 29.4 Å². The van der Waals surface area contributed by atoms with E-state index in [9.17, 15) is 9.59 Å². The van der Waals surface area contributed by atoms with E-state index in [1.54, 1.807) is 6.92 Å². The van der Waals surface area contributed by atoms with Gasteiger partial charge < -0.3 is 5.32 Å². The third-order valence-electron chi connectivity index (χ3n) is 4.92. The minimum atomic E-state index is -0.482. The average molecular weight is 402 g/mol. The smallest absolute Gasteiger partial charge is 0.321 e. The number of hydrogen-bond donors (Lipinski definition) is 2. The van der Waals surface area contributed by atoms with Gasteiger partial charge in [-0.3, -0.25) is 14.7 Å². The van der Waals surface area contributed by atoms with Crippen molar-refractivity contribution >= 4 is 23.7 Å². The summed E-state index contributed by atoms with van der Waals surface area (Å²) in [6.07, 6.45) is 5.42. The summed E-state index contributed by atoms with van der Waals surface area (Å²) >= 11 is 1.28. The van der Waals surface area contributed by atoms with Crippen molar-refractivity contribution in [2.45, 2.75) is 69.3 Å². The first-order chi connectivity index (χ1) is 13.4. The molecule has 1 saturated carbocycles. The van der Waals surface area contributed by atoms with Crippen molar-refractivity contribution in [2.24, 2.45) is 0 Å². The highest BCUT2D eigenvalue weighted by Gasteiger charge is 2.23. The van der Waals surface area contributed by atoms with Gasteiger partial charge in [-0.05, 0) is 45.7 Å². The van der Waals surface area contributed by atoms with Crippen molar-refractivity contribution in [1.82, 2.24) is 25.4 Å². The molecular weight excluding hydrogens is 374 g/mol. The van der Waals surface area contributed by atoms with E-state index in [1.165, 1.54) is 23.7 Å². The molecule has 1 aliphatic carbocycles. The molecule has 1 atom stereocenters. The Hall–Kier alpha value is -2.35. The lowest BCUT2D eigenvalue weighted by atomic mass is 9.96. The zero-order valence-corrected chi connectivity index (χ0v) is 17.4. The second-order valence-corrected chi connectivity index (χ2v) is 8.57. The molecule has 3 rings (SSSR count). The number of amides is 3. The molecule has 0 saturated heterocycles. The maximum absolute atomic E-state index is 12.4. The minimum absolute atomic E-state index is 0.164. The number of thioether (sulfide) groups is 1. The summed E-state index contributed by atoms with van der Waals surface area (Å²) in [5, 5.41) is 13.8. The second kappa shape index (κ2) is 9.23. The molecule has 0 bridgehead atoms. The molecule has 0 radical (unpaired) electrons. The summed E-state index contributed by atoms with van der Waals surface area (Å²) in [4.78, 5) is 24.6. The molecule has 1 heterocycles. The van der Waals surface area contributed by atoms with E-state index >= 15 is 0 Å². The third kappa shape index (κ3) is 5.13. The molecule has 1 aliphatic rings. The van der Waals surface area contributed by atoms with E-state index in [4.69, 9.17) is 0 Å². The first-order valence-electron chi connectivity index (χ1n) is 9.71. The first-order valence-corrected chi connectivity index (χ1v) is 10.6. The van der Waals surface area contributed by atoms with Crippen LogP contribution in [0.4, 0.5) is 4.79 Å². The minimum Gasteiger partial charge on any atom is -0.335 e. The van der Waals surface area contributed by atoms with E-state index in [1.807, 2.05) is 42.7 Å². The van der Waals surface area contributed by atoms with Gasteiger partial charge in [-0.1, -0.05) is 48.7 Å². The number of hydrogen-bond acceptors (Lipinski definition) is 5. The van der Waals surface area contributed by atoms with Crippen LogP contribution in [0.25, 0.3) is 5.69 Å². The van der Waals surface area contributed by atoms with Gasteiger partial charge in [0.25, 0.3) is 0 Å². The lowest BCUT2D eigenvalue weighted by Gasteiger charge is -2.23. The van der Waals surface area contributed by atoms with E-state index in [0.29, 0.717) is 5.16 Å². The van der Waals surface area contributed by atoms with Gasteiger partial charge in [-0.2, -0.15) is 0 Å². The zero-order valence-electron chi connectivity index (χ0n) is 16.6. The SMILES string of the molecule is Cc1ccc(-n2c(C)nnc2S[C@H](C)C(=O)NC(=O)NC2CCCCC2)cc1. The van der Waals surface area contributed by atoms with Crippen molar-refractivity contribution in [3.05, 3.63) is 35.7 Å². The molecule has 2 N–H and O–H groups in total. The highest BCUT2D eigenvalue weighted by atomic mass is 32.2. The van der Waals surface area contributed by atoms with E-state index in [2.05, 4.69) is 20.8 Å². The average Bonchev–Trinajstić information content (AvgIpc) is 3.03. The van der Waals surface area contributed by atoms with Crippen LogP contribution in [0.2, 0.25) is 0 Å². The van der Waals surface area contributed by atoms with Crippen LogP contribution in [0.1, 0.15) is 50.4 Å². The summed E-state index contributed by atoms with van der Waals surface area (Å²) in [7, 11) is 0. The Balaban J connectivity index is 1.61. The van der Waals surface area contributed by atoms with Crippen molar-refractivity contribution in [3.8, 4) is 5.69 Å². The van der Waals surface area contributed by atoms with E-state index in [-0.39, 0.29) is 11.9 Å². The Morgan fingerprint density at radius 1 is 1.11 bits per heavy atom. The predicted octanol–water partition coefficient (Wildman–Crippen LogP) is 3.52. The van der Waals surface area contributed by atoms with E-state index in [0.717, 1.165) is 37.2 Å². The first kappa shape index (κ1) is 20.4. The van der Waals surface area contributed by atoms with Crippen LogP contribution in [0.3, 0.4) is 0 Å². The summed E-state index contributed by atoms with van der Waals surface area (Å²) < 4.78 is 1.91. The predicted molar refractivity (Wildman–Crippen MR) is 110 cm³/mol. The van der Waals surface area contributed by atoms with Crippen LogP contribution < -0.4 is 10.6 Å². The summed E-state index contributed by atoms with van der Waals surface area (Å²) in [6, 6.07) is 7.79. The second-order valence-electron chi connectivity index (χ2n) is 7.26. The fraction of sp³-hybridized carbons (Fsp3) is 0.500. The maximum atomic E-state index is 12.4. The van der Waals surface area contributed by atoms with Crippen molar-refractivity contribution in [3.63, 3.8) is 0 Å². The number of nitrogens with zero attached hydrogens (tertiary/aromatic N) is 3. The molecule has 3 amide bonds. The van der Waals surface area contributed by atoms with Gasteiger partial charge in [-0.15, -0.1) is 10.2 Å². The quantitative estimate of drug-likeness (QED) is 0.748. The lowest BCUT2D eigenvalue weighted by molar-refractivity contribution is -0.119. The van der Waals surface area contributed by atoms with Crippen molar-refractivity contribution < 1.29 is 9.59 Å². The lowest BCUT2D eigenvalue weighted by Crippen LogP contribution is -2.47. The molecular formula is C20H27N5O2S. The summed E-state index contributed by atoms with van der Waals surface area (Å²) in [6.45, 7) is 5.67. The number of nitrogens with one attached hydrogen (secondary N) is 2. The topological polar surface area (TPSA) is 88.9 Å². The summed E-state index contributed by atoms with van der Waals surface area (Å²) in [5.74, 6) is 0.406. The molecule has 7 nitrogen and oxygen atoms in total. The number of aromatic nitrogens is 3. The fourth-order valence-corrected chi connectivity index (χ4v) is 4.22. The molecule has 2 aromatic rings. The summed E-state index contributed by atoms with van der Waals surface area (Å²) in [5.41, 5.74) is 2.11. The molecule has 0 aliphatic heterocycles. The molecule has 0 spiro atoms. The number of carbonyl (C=O) groups is 2. The number of benzene rings is 1. The molecule has 28 heavy (non-hydrogen) atoms. The van der Waals surface area contributed by atoms with Gasteiger partial charge in [0.1, 0.15) is 5.82 Å². The van der Waals surface area contributed by atoms with Gasteiger partial charge in [0.05, 0.1) is 5.25 Å². The molecule has 8 heteroatoms. The number of carbonyl (C=O) groups excluding carboxylic acids is 2. The third-order valence-corrected chi connectivity index (χ3v) is 5.96. The van der Waals surface area contributed by atoms with Crippen LogP contribution in [-0.4, -0.2) is 38.0 Å². The molecule has 1 fully saturated rings. The van der Waals surface area contributed by atoms with Crippen LogP contribution in [-0.2, 0) is 4.79 Å². The Morgan fingerprint density at radius 3 is 2.46 bits per heavy atom. The largest absolute Gasteiger partial charge is 0.335 e. The molecule has 1 aromatic heterocycles. The number of imide groups is 1. The van der Waals surface area contributed by atoms with Gasteiger partial charge in [0, 0.05) is 11.7 Å². The molecule has 1 aromatic carbocycles. The van der Waals surface area contributed by atoms with Crippen LogP contribution >= 0.6 is 11.8 Å². The highest BCUT2D eigenvalue weighted by molar-refractivity contribution is 8.00. The Labute approximate surface area is 169 Å². The number of rotatable bonds is 5. The zero-order chi connectivity index (χ0) is 20.1. The Kier molecular flexibility index (Phi) is 6.72. The maximum Gasteiger partial charge on any atom is 0.321 e. The van der Waals surface area contributed by atoms with Gasteiger partial charge in [0.2, 0.25) is 5.91 Å². The number of urea groups is 1. The normalized spacial score (nSPS) is 15.8. The Morgan fingerprint density at radius 2 is 1.79 bits per heavy atom. The van der Waals surface area contributed by atoms with Gasteiger partial charge in [0.15, 0.2) is 5.16 Å². The monoisotopic (exact) mass is 401 g/mol. The molecule has 150 valence electrons. The molecule has 0 unspecified atom stereocenters. The highest BCUT2D eigenvalue weighted by Crippen LogP contribution is 2.26. The van der Waals surface area contributed by atoms with Crippen molar-refractivity contribution in [1.29, 1.82) is 0 Å². The Bertz CT molecular complexity index is 828. The standard InChI is InChI=1S/C20H27N5O2S/c1-13-9-11-17(12-10-13)25-15(3)23-24-20(25)28-14(2)18(26)22-19(27)21-16-7-5-4-6-8-16/h9-12,14,16H,4-8H2,1-3H3,(H2,21,22,26,27)/t14-/m1/s1. The number of aryl methyl sites for hydroxylation is 2. The van der Waals surface area contributed by atoms with Gasteiger partial charge in [-0.25, -0.2) is 4.79 Å². The van der Waals surface area contributed by atoms with E-state index < -0.39 is 11.3 Å². The van der Waals surface area contributed by atoms with Crippen LogP contribution in [0.5, 0.6) is 0 Å².